The molecule has 0 spiro atoms. The average molecular weight is 250 g/mol. The van der Waals surface area contributed by atoms with Gasteiger partial charge in [0.1, 0.15) is 5.58 Å². The molecule has 0 radical (unpaired) electrons. The largest absolute Gasteiger partial charge is 0.444 e. The van der Waals surface area contributed by atoms with Gasteiger partial charge in [-0.2, -0.15) is 0 Å². The summed E-state index contributed by atoms with van der Waals surface area (Å²) in [5, 5.41) is 5.19. The Morgan fingerprint density at radius 2 is 2.24 bits per heavy atom. The maximum Gasteiger partial charge on any atom is 0.199 e. The monoisotopic (exact) mass is 249 g/mol. The molecule has 1 heterocycles. The van der Waals surface area contributed by atoms with Crippen LogP contribution in [0.25, 0.3) is 11.0 Å². The second-order valence-electron chi connectivity index (χ2n) is 4.74. The summed E-state index contributed by atoms with van der Waals surface area (Å²) in [5.74, 6) is 0.854. The zero-order chi connectivity index (χ0) is 11.8. The Bertz CT molecular complexity index is 534. The molecule has 2 atom stereocenters. The molecule has 0 aliphatic heterocycles. The van der Waals surface area contributed by atoms with Crippen molar-refractivity contribution in [1.82, 2.24) is 5.32 Å². The topological polar surface area (TPSA) is 25.2 Å². The molecule has 2 aromatic rings. The molecule has 90 valence electrons. The third-order valence-electron chi connectivity index (χ3n) is 3.64. The van der Waals surface area contributed by atoms with Gasteiger partial charge < -0.3 is 9.73 Å². The molecule has 1 fully saturated rings. The molecule has 0 bridgehead atoms. The van der Waals surface area contributed by atoms with Crippen LogP contribution in [-0.2, 0) is 6.54 Å². The molecule has 2 nitrogen and oxygen atoms in total. The summed E-state index contributed by atoms with van der Waals surface area (Å²) in [6.45, 7) is 3.05. The van der Waals surface area contributed by atoms with E-state index in [0.29, 0.717) is 11.3 Å². The van der Waals surface area contributed by atoms with Crippen LogP contribution < -0.4 is 5.32 Å². The van der Waals surface area contributed by atoms with Crippen molar-refractivity contribution >= 4 is 22.6 Å². The van der Waals surface area contributed by atoms with E-state index in [4.69, 9.17) is 16.0 Å². The van der Waals surface area contributed by atoms with Crippen LogP contribution in [0.1, 0.15) is 25.3 Å². The molecule has 1 aliphatic rings. The van der Waals surface area contributed by atoms with Crippen LogP contribution in [0.15, 0.2) is 28.7 Å². The third kappa shape index (κ3) is 2.07. The van der Waals surface area contributed by atoms with E-state index < -0.39 is 0 Å². The van der Waals surface area contributed by atoms with E-state index in [1.54, 1.807) is 0 Å². The fourth-order valence-electron chi connectivity index (χ4n) is 2.42. The first-order valence-corrected chi connectivity index (χ1v) is 6.56. The molecule has 2 unspecified atom stereocenters. The average Bonchev–Trinajstić information content (AvgIpc) is 3.03. The molecule has 1 N–H and O–H groups in total. The van der Waals surface area contributed by atoms with E-state index in [9.17, 15) is 0 Å². The van der Waals surface area contributed by atoms with Crippen LogP contribution in [0.2, 0.25) is 5.22 Å². The van der Waals surface area contributed by atoms with Gasteiger partial charge in [-0.25, -0.2) is 0 Å². The van der Waals surface area contributed by atoms with Gasteiger partial charge in [-0.05, 0) is 30.0 Å². The molecule has 0 amide bonds. The Hall–Kier alpha value is -0.990. The van der Waals surface area contributed by atoms with E-state index in [2.05, 4.69) is 18.3 Å². The van der Waals surface area contributed by atoms with Gasteiger partial charge in [0.25, 0.3) is 0 Å². The van der Waals surface area contributed by atoms with Crippen LogP contribution in [0.4, 0.5) is 0 Å². The molecule has 1 aromatic carbocycles. The minimum atomic E-state index is 0.521. The quantitative estimate of drug-likeness (QED) is 0.887. The van der Waals surface area contributed by atoms with Crippen molar-refractivity contribution in [2.75, 3.05) is 0 Å². The Balaban J connectivity index is 1.78. The molecule has 3 rings (SSSR count). The predicted octanol–water partition coefficient (Wildman–Crippen LogP) is 3.97. The number of hydrogen-bond acceptors (Lipinski definition) is 2. The van der Waals surface area contributed by atoms with Crippen LogP contribution >= 0.6 is 11.6 Å². The summed E-state index contributed by atoms with van der Waals surface area (Å²) in [6, 6.07) is 8.67. The summed E-state index contributed by atoms with van der Waals surface area (Å²) in [4.78, 5) is 0. The van der Waals surface area contributed by atoms with Gasteiger partial charge in [0, 0.05) is 23.5 Å². The highest BCUT2D eigenvalue weighted by atomic mass is 35.5. The molecule has 1 saturated carbocycles. The van der Waals surface area contributed by atoms with Crippen LogP contribution in [0.3, 0.4) is 0 Å². The number of halogens is 1. The molecule has 0 saturated heterocycles. The van der Waals surface area contributed by atoms with Crippen molar-refractivity contribution in [2.45, 2.75) is 32.4 Å². The SMILES string of the molecule is CCC1CC1NCc1c(Cl)oc2ccccc12. The van der Waals surface area contributed by atoms with Crippen molar-refractivity contribution in [3.8, 4) is 0 Å². The number of hydrogen-bond donors (Lipinski definition) is 1. The van der Waals surface area contributed by atoms with Crippen LogP contribution in [-0.4, -0.2) is 6.04 Å². The molecular formula is C14H16ClNO. The molecule has 1 aliphatic carbocycles. The second kappa shape index (κ2) is 4.35. The molecule has 17 heavy (non-hydrogen) atoms. The Kier molecular flexibility index (Phi) is 2.85. The minimum absolute atomic E-state index is 0.521. The Morgan fingerprint density at radius 1 is 1.41 bits per heavy atom. The normalized spacial score (nSPS) is 23.2. The van der Waals surface area contributed by atoms with E-state index in [1.165, 1.54) is 12.8 Å². The van der Waals surface area contributed by atoms with Gasteiger partial charge in [-0.1, -0.05) is 31.5 Å². The highest BCUT2D eigenvalue weighted by Gasteiger charge is 2.34. The van der Waals surface area contributed by atoms with Gasteiger partial charge in [0.2, 0.25) is 0 Å². The number of benzene rings is 1. The first kappa shape index (κ1) is 11.1. The predicted molar refractivity (Wildman–Crippen MR) is 70.2 cm³/mol. The fourth-order valence-corrected chi connectivity index (χ4v) is 2.67. The highest BCUT2D eigenvalue weighted by molar-refractivity contribution is 6.30. The smallest absolute Gasteiger partial charge is 0.199 e. The lowest BCUT2D eigenvalue weighted by atomic mass is 10.2. The standard InChI is InChI=1S/C14H16ClNO/c1-2-9-7-12(9)16-8-11-10-5-3-4-6-13(10)17-14(11)15/h3-6,9,12,16H,2,7-8H2,1H3. The van der Waals surface area contributed by atoms with Gasteiger partial charge in [0.05, 0.1) is 0 Å². The van der Waals surface area contributed by atoms with Crippen molar-refractivity contribution in [3.63, 3.8) is 0 Å². The molecule has 3 heteroatoms. The van der Waals surface area contributed by atoms with E-state index in [1.807, 2.05) is 18.2 Å². The summed E-state index contributed by atoms with van der Waals surface area (Å²) in [5.41, 5.74) is 1.96. The number of nitrogens with one attached hydrogen (secondary N) is 1. The Labute approximate surface area is 106 Å². The van der Waals surface area contributed by atoms with Crippen molar-refractivity contribution in [1.29, 1.82) is 0 Å². The number of fused-ring (bicyclic) bond motifs is 1. The van der Waals surface area contributed by atoms with Gasteiger partial charge in [-0.15, -0.1) is 0 Å². The first-order valence-electron chi connectivity index (χ1n) is 6.19. The summed E-state index contributed by atoms with van der Waals surface area (Å²) < 4.78 is 5.53. The van der Waals surface area contributed by atoms with Crippen molar-refractivity contribution < 1.29 is 4.42 Å². The van der Waals surface area contributed by atoms with Crippen LogP contribution in [0.5, 0.6) is 0 Å². The zero-order valence-electron chi connectivity index (χ0n) is 9.87. The number of para-hydroxylation sites is 1. The third-order valence-corrected chi connectivity index (χ3v) is 3.94. The van der Waals surface area contributed by atoms with Crippen molar-refractivity contribution in [3.05, 3.63) is 35.0 Å². The number of rotatable bonds is 4. The maximum atomic E-state index is 6.14. The highest BCUT2D eigenvalue weighted by Crippen LogP contribution is 2.35. The molecular weight excluding hydrogens is 234 g/mol. The van der Waals surface area contributed by atoms with E-state index in [0.717, 1.165) is 29.0 Å². The van der Waals surface area contributed by atoms with Crippen LogP contribution in [0, 0.1) is 5.92 Å². The summed E-state index contributed by atoms with van der Waals surface area (Å²) in [7, 11) is 0. The summed E-state index contributed by atoms with van der Waals surface area (Å²) in [6.07, 6.45) is 2.56. The summed E-state index contributed by atoms with van der Waals surface area (Å²) >= 11 is 6.14. The number of furan rings is 1. The first-order chi connectivity index (χ1) is 8.29. The van der Waals surface area contributed by atoms with E-state index >= 15 is 0 Å². The maximum absolute atomic E-state index is 6.14. The minimum Gasteiger partial charge on any atom is -0.444 e. The lowest BCUT2D eigenvalue weighted by molar-refractivity contribution is 0.593. The van der Waals surface area contributed by atoms with Gasteiger partial charge in [-0.3, -0.25) is 0 Å². The lowest BCUT2D eigenvalue weighted by Crippen LogP contribution is -2.17. The molecule has 1 aromatic heterocycles. The van der Waals surface area contributed by atoms with Gasteiger partial charge >= 0.3 is 0 Å². The fraction of sp³-hybridized carbons (Fsp3) is 0.429. The second-order valence-corrected chi connectivity index (χ2v) is 5.09. The lowest BCUT2D eigenvalue weighted by Gasteiger charge is -2.02. The zero-order valence-corrected chi connectivity index (χ0v) is 10.6. The van der Waals surface area contributed by atoms with Gasteiger partial charge in [0.15, 0.2) is 5.22 Å². The van der Waals surface area contributed by atoms with Crippen molar-refractivity contribution in [2.24, 2.45) is 5.92 Å². The van der Waals surface area contributed by atoms with E-state index in [-0.39, 0.29) is 0 Å². The Morgan fingerprint density at radius 3 is 3.00 bits per heavy atom.